The van der Waals surface area contributed by atoms with Gasteiger partial charge in [0.25, 0.3) is 5.91 Å². The lowest BCUT2D eigenvalue weighted by molar-refractivity contribution is 0.0746. The minimum atomic E-state index is -0.144. The summed E-state index contributed by atoms with van der Waals surface area (Å²) >= 11 is 0. The van der Waals surface area contributed by atoms with Gasteiger partial charge in [-0.2, -0.15) is 0 Å². The molecule has 1 saturated heterocycles. The normalized spacial score (nSPS) is 14.3. The van der Waals surface area contributed by atoms with Crippen LogP contribution in [0.15, 0.2) is 48.5 Å². The van der Waals surface area contributed by atoms with Gasteiger partial charge in [-0.05, 0) is 30.3 Å². The SMILES string of the molecule is O=Cc1cc(C=O)cc(C(=O)N2CCN(c3ccccc3)CC2)c1. The number of carbonyl (C=O) groups is 3. The summed E-state index contributed by atoms with van der Waals surface area (Å²) in [5.74, 6) is -0.144. The standard InChI is InChI=1S/C19H18N2O3/c22-13-15-10-16(14-23)12-17(11-15)19(24)21-8-6-20(7-9-21)18-4-2-1-3-5-18/h1-5,10-14H,6-9H2. The summed E-state index contributed by atoms with van der Waals surface area (Å²) in [6, 6.07) is 14.6. The average molecular weight is 322 g/mol. The maximum Gasteiger partial charge on any atom is 0.254 e. The van der Waals surface area contributed by atoms with Crippen LogP contribution in [0.4, 0.5) is 5.69 Å². The lowest BCUT2D eigenvalue weighted by Crippen LogP contribution is -2.48. The highest BCUT2D eigenvalue weighted by Gasteiger charge is 2.22. The van der Waals surface area contributed by atoms with Crippen molar-refractivity contribution in [3.05, 3.63) is 65.2 Å². The van der Waals surface area contributed by atoms with Gasteiger partial charge in [0, 0.05) is 48.6 Å². The van der Waals surface area contributed by atoms with Gasteiger partial charge in [0.1, 0.15) is 12.6 Å². The van der Waals surface area contributed by atoms with Crippen molar-refractivity contribution >= 4 is 24.2 Å². The Morgan fingerprint density at radius 1 is 0.833 bits per heavy atom. The van der Waals surface area contributed by atoms with E-state index >= 15 is 0 Å². The van der Waals surface area contributed by atoms with Crippen molar-refractivity contribution < 1.29 is 14.4 Å². The summed E-state index contributed by atoms with van der Waals surface area (Å²) in [5, 5.41) is 0. The van der Waals surface area contributed by atoms with Crippen LogP contribution in [0.3, 0.4) is 0 Å². The van der Waals surface area contributed by atoms with Crippen LogP contribution in [0, 0.1) is 0 Å². The molecule has 122 valence electrons. The first kappa shape index (κ1) is 15.9. The number of anilines is 1. The molecule has 0 atom stereocenters. The van der Waals surface area contributed by atoms with Gasteiger partial charge in [-0.25, -0.2) is 0 Å². The Kier molecular flexibility index (Phi) is 4.70. The fourth-order valence-corrected chi connectivity index (χ4v) is 2.93. The maximum absolute atomic E-state index is 12.7. The third-order valence-corrected chi connectivity index (χ3v) is 4.19. The monoisotopic (exact) mass is 322 g/mol. The molecule has 0 N–H and O–H groups in total. The number of amides is 1. The van der Waals surface area contributed by atoms with Crippen molar-refractivity contribution in [2.45, 2.75) is 0 Å². The van der Waals surface area contributed by atoms with E-state index in [1.165, 1.54) is 18.2 Å². The molecule has 2 aromatic rings. The second kappa shape index (κ2) is 7.08. The molecule has 24 heavy (non-hydrogen) atoms. The van der Waals surface area contributed by atoms with Crippen molar-refractivity contribution in [1.82, 2.24) is 4.90 Å². The number of nitrogens with zero attached hydrogens (tertiary/aromatic N) is 2. The number of aldehydes is 2. The predicted octanol–water partition coefficient (Wildman–Crippen LogP) is 2.27. The summed E-state index contributed by atoms with van der Waals surface area (Å²) in [6.45, 7) is 2.72. The van der Waals surface area contributed by atoms with Crippen molar-refractivity contribution in [2.24, 2.45) is 0 Å². The number of hydrogen-bond acceptors (Lipinski definition) is 4. The molecule has 1 aliphatic rings. The largest absolute Gasteiger partial charge is 0.368 e. The molecule has 5 nitrogen and oxygen atoms in total. The molecule has 0 saturated carbocycles. The minimum absolute atomic E-state index is 0.144. The van der Waals surface area contributed by atoms with E-state index < -0.39 is 0 Å². The molecule has 1 heterocycles. The third kappa shape index (κ3) is 3.35. The van der Waals surface area contributed by atoms with Crippen LogP contribution in [-0.4, -0.2) is 49.6 Å². The predicted molar refractivity (Wildman–Crippen MR) is 91.8 cm³/mol. The van der Waals surface area contributed by atoms with E-state index in [-0.39, 0.29) is 5.91 Å². The molecule has 1 aliphatic heterocycles. The third-order valence-electron chi connectivity index (χ3n) is 4.19. The van der Waals surface area contributed by atoms with Crippen LogP contribution in [0.25, 0.3) is 0 Å². The smallest absolute Gasteiger partial charge is 0.254 e. The van der Waals surface area contributed by atoms with Crippen LogP contribution in [-0.2, 0) is 0 Å². The van der Waals surface area contributed by atoms with Crippen LogP contribution in [0.1, 0.15) is 31.1 Å². The molecular weight excluding hydrogens is 304 g/mol. The quantitative estimate of drug-likeness (QED) is 0.810. The molecule has 0 bridgehead atoms. The number of benzene rings is 2. The van der Waals surface area contributed by atoms with Gasteiger partial charge in [0.05, 0.1) is 0 Å². The molecular formula is C19H18N2O3. The molecule has 2 aromatic carbocycles. The van der Waals surface area contributed by atoms with Gasteiger partial charge < -0.3 is 9.80 Å². The first-order valence-electron chi connectivity index (χ1n) is 7.86. The molecule has 5 heteroatoms. The van der Waals surface area contributed by atoms with Gasteiger partial charge in [-0.15, -0.1) is 0 Å². The van der Waals surface area contributed by atoms with Gasteiger partial charge >= 0.3 is 0 Å². The highest BCUT2D eigenvalue weighted by atomic mass is 16.2. The van der Waals surface area contributed by atoms with E-state index in [2.05, 4.69) is 17.0 Å². The van der Waals surface area contributed by atoms with E-state index in [1.54, 1.807) is 4.90 Å². The zero-order valence-corrected chi connectivity index (χ0v) is 13.2. The van der Waals surface area contributed by atoms with E-state index in [0.29, 0.717) is 42.4 Å². The molecule has 3 rings (SSSR count). The fourth-order valence-electron chi connectivity index (χ4n) is 2.93. The Hall–Kier alpha value is -2.95. The van der Waals surface area contributed by atoms with Gasteiger partial charge in [0.15, 0.2) is 0 Å². The summed E-state index contributed by atoms with van der Waals surface area (Å²) in [4.78, 5) is 38.6. The van der Waals surface area contributed by atoms with Crippen molar-refractivity contribution in [3.8, 4) is 0 Å². The van der Waals surface area contributed by atoms with Crippen LogP contribution in [0.5, 0.6) is 0 Å². The summed E-state index contributed by atoms with van der Waals surface area (Å²) in [6.07, 6.45) is 1.30. The number of rotatable bonds is 4. The molecule has 0 unspecified atom stereocenters. The van der Waals surface area contributed by atoms with Crippen LogP contribution >= 0.6 is 0 Å². The van der Waals surface area contributed by atoms with Gasteiger partial charge in [0.2, 0.25) is 0 Å². The molecule has 0 aromatic heterocycles. The Balaban J connectivity index is 1.71. The summed E-state index contributed by atoms with van der Waals surface area (Å²) in [5.41, 5.74) is 2.21. The Labute approximate surface area is 140 Å². The lowest BCUT2D eigenvalue weighted by Gasteiger charge is -2.36. The summed E-state index contributed by atoms with van der Waals surface area (Å²) in [7, 11) is 0. The fraction of sp³-hybridized carbons (Fsp3) is 0.211. The van der Waals surface area contributed by atoms with Crippen molar-refractivity contribution in [2.75, 3.05) is 31.1 Å². The van der Waals surface area contributed by atoms with E-state index in [0.717, 1.165) is 18.8 Å². The molecule has 0 radical (unpaired) electrons. The lowest BCUT2D eigenvalue weighted by atomic mass is 10.1. The number of hydrogen-bond donors (Lipinski definition) is 0. The minimum Gasteiger partial charge on any atom is -0.368 e. The van der Waals surface area contributed by atoms with E-state index in [9.17, 15) is 14.4 Å². The van der Waals surface area contributed by atoms with E-state index in [1.807, 2.05) is 18.2 Å². The zero-order valence-electron chi connectivity index (χ0n) is 13.2. The topological polar surface area (TPSA) is 57.7 Å². The number of piperazine rings is 1. The average Bonchev–Trinajstić information content (AvgIpc) is 2.67. The van der Waals surface area contributed by atoms with Crippen molar-refractivity contribution in [1.29, 1.82) is 0 Å². The van der Waals surface area contributed by atoms with Crippen LogP contribution < -0.4 is 4.90 Å². The highest BCUT2D eigenvalue weighted by Crippen LogP contribution is 2.17. The molecule has 1 amide bonds. The summed E-state index contributed by atoms with van der Waals surface area (Å²) < 4.78 is 0. The van der Waals surface area contributed by atoms with Crippen molar-refractivity contribution in [3.63, 3.8) is 0 Å². The second-order valence-electron chi connectivity index (χ2n) is 5.74. The first-order valence-corrected chi connectivity index (χ1v) is 7.86. The second-order valence-corrected chi connectivity index (χ2v) is 5.74. The molecule has 0 aliphatic carbocycles. The molecule has 0 spiro atoms. The van der Waals surface area contributed by atoms with Gasteiger partial charge in [-0.1, -0.05) is 18.2 Å². The first-order chi connectivity index (χ1) is 11.7. The Bertz CT molecular complexity index is 724. The highest BCUT2D eigenvalue weighted by molar-refractivity contribution is 5.98. The number of para-hydroxylation sites is 1. The van der Waals surface area contributed by atoms with Crippen LogP contribution in [0.2, 0.25) is 0 Å². The molecule has 1 fully saturated rings. The van der Waals surface area contributed by atoms with E-state index in [4.69, 9.17) is 0 Å². The Morgan fingerprint density at radius 2 is 1.42 bits per heavy atom. The van der Waals surface area contributed by atoms with Gasteiger partial charge in [-0.3, -0.25) is 14.4 Å². The zero-order chi connectivity index (χ0) is 16.9. The maximum atomic E-state index is 12.7. The number of carbonyl (C=O) groups excluding carboxylic acids is 3. The Morgan fingerprint density at radius 3 is 1.96 bits per heavy atom.